The van der Waals surface area contributed by atoms with Gasteiger partial charge >= 0.3 is 0 Å². The van der Waals surface area contributed by atoms with Crippen LogP contribution in [0.5, 0.6) is 5.75 Å². The molecule has 3 aromatic rings. The van der Waals surface area contributed by atoms with Gasteiger partial charge in [-0.1, -0.05) is 12.1 Å². The van der Waals surface area contributed by atoms with Gasteiger partial charge in [0.2, 0.25) is 5.91 Å². The van der Waals surface area contributed by atoms with E-state index in [0.29, 0.717) is 17.9 Å². The molecule has 0 saturated carbocycles. The van der Waals surface area contributed by atoms with Gasteiger partial charge in [-0.15, -0.1) is 11.3 Å². The van der Waals surface area contributed by atoms with Crippen molar-refractivity contribution in [1.29, 1.82) is 0 Å². The summed E-state index contributed by atoms with van der Waals surface area (Å²) in [5.41, 5.74) is 2.44. The maximum absolute atomic E-state index is 13.6. The first-order valence-corrected chi connectivity index (χ1v) is 11.8. The molecule has 1 aliphatic rings. The lowest BCUT2D eigenvalue weighted by Crippen LogP contribution is -2.48. The molecular weight excluding hydrogens is 439 g/mol. The van der Waals surface area contributed by atoms with Crippen molar-refractivity contribution in [1.82, 2.24) is 9.80 Å². The summed E-state index contributed by atoms with van der Waals surface area (Å²) in [4.78, 5) is 31.4. The van der Waals surface area contributed by atoms with Gasteiger partial charge in [0.25, 0.3) is 5.91 Å². The van der Waals surface area contributed by atoms with Gasteiger partial charge in [-0.05, 0) is 79.2 Å². The molecule has 5 nitrogen and oxygen atoms in total. The van der Waals surface area contributed by atoms with Crippen molar-refractivity contribution < 1.29 is 18.7 Å². The third kappa shape index (κ3) is 4.78. The summed E-state index contributed by atoms with van der Waals surface area (Å²) in [5, 5.41) is 2.03. The summed E-state index contributed by atoms with van der Waals surface area (Å²) in [6, 6.07) is 14.8. The molecule has 0 radical (unpaired) electrons. The van der Waals surface area contributed by atoms with Gasteiger partial charge in [0, 0.05) is 23.0 Å². The number of benzene rings is 2. The third-order valence-electron chi connectivity index (χ3n) is 6.00. The molecule has 1 atom stereocenters. The lowest BCUT2D eigenvalue weighted by atomic mass is 9.93. The van der Waals surface area contributed by atoms with E-state index in [2.05, 4.69) is 0 Å². The van der Waals surface area contributed by atoms with E-state index in [9.17, 15) is 14.0 Å². The second kappa shape index (κ2) is 9.75. The minimum atomic E-state index is -0.311. The summed E-state index contributed by atoms with van der Waals surface area (Å²) in [6.45, 7) is 4.33. The van der Waals surface area contributed by atoms with E-state index in [1.54, 1.807) is 59.7 Å². The number of thiophene rings is 1. The molecule has 0 bridgehead atoms. The molecule has 0 N–H and O–H groups in total. The van der Waals surface area contributed by atoms with Crippen LogP contribution in [0.3, 0.4) is 0 Å². The molecule has 0 saturated heterocycles. The molecule has 2 aromatic carbocycles. The Labute approximate surface area is 197 Å². The van der Waals surface area contributed by atoms with Gasteiger partial charge in [-0.3, -0.25) is 9.59 Å². The second-order valence-corrected chi connectivity index (χ2v) is 9.35. The maximum Gasteiger partial charge on any atom is 0.254 e. The van der Waals surface area contributed by atoms with Gasteiger partial charge in [-0.25, -0.2) is 4.39 Å². The van der Waals surface area contributed by atoms with Crippen LogP contribution in [-0.4, -0.2) is 47.9 Å². The van der Waals surface area contributed by atoms with Crippen molar-refractivity contribution >= 4 is 23.2 Å². The van der Waals surface area contributed by atoms with E-state index in [-0.39, 0.29) is 36.3 Å². The molecular formula is C26H27FN2O3S. The molecule has 2 amide bonds. The Morgan fingerprint density at radius 1 is 1.12 bits per heavy atom. The monoisotopic (exact) mass is 466 g/mol. The predicted molar refractivity (Wildman–Crippen MR) is 127 cm³/mol. The average molecular weight is 467 g/mol. The smallest absolute Gasteiger partial charge is 0.254 e. The van der Waals surface area contributed by atoms with E-state index in [1.165, 1.54) is 17.0 Å². The van der Waals surface area contributed by atoms with E-state index in [1.807, 2.05) is 30.2 Å². The zero-order valence-electron chi connectivity index (χ0n) is 19.0. The van der Waals surface area contributed by atoms with Crippen LogP contribution >= 0.6 is 11.3 Å². The molecule has 1 aliphatic heterocycles. The highest BCUT2D eigenvalue weighted by molar-refractivity contribution is 7.10. The number of rotatable bonds is 6. The lowest BCUT2D eigenvalue weighted by Gasteiger charge is -2.38. The highest BCUT2D eigenvalue weighted by Crippen LogP contribution is 2.38. The Morgan fingerprint density at radius 3 is 2.45 bits per heavy atom. The molecule has 172 valence electrons. The molecule has 0 spiro atoms. The quantitative estimate of drug-likeness (QED) is 0.518. The lowest BCUT2D eigenvalue weighted by molar-refractivity contribution is -0.134. The Kier molecular flexibility index (Phi) is 6.79. The minimum Gasteiger partial charge on any atom is -0.497 e. The van der Waals surface area contributed by atoms with Crippen LogP contribution in [0, 0.1) is 5.82 Å². The van der Waals surface area contributed by atoms with Crippen LogP contribution in [0.4, 0.5) is 4.39 Å². The molecule has 0 fully saturated rings. The van der Waals surface area contributed by atoms with Crippen molar-refractivity contribution in [3.05, 3.63) is 87.4 Å². The number of carbonyl (C=O) groups excluding carboxylic acids is 2. The van der Waals surface area contributed by atoms with Gasteiger partial charge in [0.15, 0.2) is 0 Å². The number of hydrogen-bond acceptors (Lipinski definition) is 4. The van der Waals surface area contributed by atoms with Crippen LogP contribution in [0.2, 0.25) is 0 Å². The molecule has 1 unspecified atom stereocenters. The topological polar surface area (TPSA) is 49.9 Å². The largest absolute Gasteiger partial charge is 0.497 e. The highest BCUT2D eigenvalue weighted by atomic mass is 32.1. The molecule has 7 heteroatoms. The zero-order chi connectivity index (χ0) is 23.5. The fraction of sp³-hybridized carbons (Fsp3) is 0.308. The summed E-state index contributed by atoms with van der Waals surface area (Å²) in [6.07, 6.45) is 0.768. The first kappa shape index (κ1) is 23.0. The number of methoxy groups -OCH3 is 1. The van der Waals surface area contributed by atoms with Crippen molar-refractivity contribution in [2.24, 2.45) is 0 Å². The van der Waals surface area contributed by atoms with E-state index in [4.69, 9.17) is 4.74 Å². The predicted octanol–water partition coefficient (Wildman–Crippen LogP) is 4.92. The van der Waals surface area contributed by atoms with Crippen molar-refractivity contribution in [3.63, 3.8) is 0 Å². The standard InChI is InChI=1S/C26H27FN2O3S/c1-17(2)29(26(31)19-6-10-21(32-3)11-7-19)16-24(30)28-14-12-23-22(13-15-33-23)25(28)18-4-8-20(27)9-5-18/h4-11,13,15,17,25H,12,14,16H2,1-3H3. The Bertz CT molecular complexity index is 1130. The highest BCUT2D eigenvalue weighted by Gasteiger charge is 2.34. The van der Waals surface area contributed by atoms with Crippen LogP contribution in [0.25, 0.3) is 0 Å². The molecule has 4 rings (SSSR count). The van der Waals surface area contributed by atoms with Gasteiger partial charge < -0.3 is 14.5 Å². The van der Waals surface area contributed by atoms with Crippen LogP contribution < -0.4 is 4.74 Å². The average Bonchev–Trinajstić information content (AvgIpc) is 3.31. The summed E-state index contributed by atoms with van der Waals surface area (Å²) < 4.78 is 18.7. The number of carbonyl (C=O) groups is 2. The molecule has 1 aromatic heterocycles. The van der Waals surface area contributed by atoms with Crippen molar-refractivity contribution in [2.45, 2.75) is 32.4 Å². The molecule has 2 heterocycles. The fourth-order valence-corrected chi connectivity index (χ4v) is 5.12. The number of nitrogens with zero attached hydrogens (tertiary/aromatic N) is 2. The second-order valence-electron chi connectivity index (χ2n) is 8.35. The van der Waals surface area contributed by atoms with Gasteiger partial charge in [-0.2, -0.15) is 0 Å². The first-order valence-electron chi connectivity index (χ1n) is 10.9. The van der Waals surface area contributed by atoms with Gasteiger partial charge in [0.05, 0.1) is 13.2 Å². The third-order valence-corrected chi connectivity index (χ3v) is 7.00. The zero-order valence-corrected chi connectivity index (χ0v) is 19.8. The number of fused-ring (bicyclic) bond motifs is 1. The Hall–Kier alpha value is -3.19. The summed E-state index contributed by atoms with van der Waals surface area (Å²) in [5.74, 6) is 0.0269. The number of ether oxygens (including phenoxy) is 1. The first-order chi connectivity index (χ1) is 15.9. The summed E-state index contributed by atoms with van der Waals surface area (Å²) in [7, 11) is 1.57. The molecule has 33 heavy (non-hydrogen) atoms. The summed E-state index contributed by atoms with van der Waals surface area (Å²) >= 11 is 1.68. The maximum atomic E-state index is 13.6. The Morgan fingerprint density at radius 2 is 1.82 bits per heavy atom. The van der Waals surface area contributed by atoms with E-state index < -0.39 is 0 Å². The normalized spacial score (nSPS) is 15.3. The van der Waals surface area contributed by atoms with E-state index in [0.717, 1.165) is 17.5 Å². The van der Waals surface area contributed by atoms with Crippen LogP contribution in [-0.2, 0) is 11.2 Å². The fourth-order valence-electron chi connectivity index (χ4n) is 4.21. The number of hydrogen-bond donors (Lipinski definition) is 0. The minimum absolute atomic E-state index is 0.0281. The van der Waals surface area contributed by atoms with Crippen molar-refractivity contribution in [3.8, 4) is 5.75 Å². The van der Waals surface area contributed by atoms with Crippen molar-refractivity contribution in [2.75, 3.05) is 20.2 Å². The van der Waals surface area contributed by atoms with E-state index >= 15 is 0 Å². The van der Waals surface area contributed by atoms with Crippen LogP contribution in [0.1, 0.15) is 46.3 Å². The van der Waals surface area contributed by atoms with Gasteiger partial charge in [0.1, 0.15) is 18.1 Å². The number of amides is 2. The Balaban J connectivity index is 1.60. The van der Waals surface area contributed by atoms with Crippen LogP contribution in [0.15, 0.2) is 60.0 Å². The SMILES string of the molecule is COc1ccc(C(=O)N(CC(=O)N2CCc3sccc3C2c2ccc(F)cc2)C(C)C)cc1. The number of halogens is 1. The molecule has 0 aliphatic carbocycles.